The molecule has 0 radical (unpaired) electrons. The molecule has 0 spiro atoms. The molecule has 0 aromatic heterocycles. The van der Waals surface area contributed by atoms with Crippen LogP contribution in [-0.4, -0.2) is 14.9 Å². The summed E-state index contributed by atoms with van der Waals surface area (Å²) in [4.78, 5) is 0. The van der Waals surface area contributed by atoms with E-state index in [4.69, 9.17) is 4.43 Å². The standard InChI is InChI=1S/C21H34OSi/c1-7-17-8-12-19(13-9-17)20-14-10-18(11-15-20)16-22-23(5,6)21(2,3)4/h7-9,12-13,18,20H,1,10-11,14-16H2,2-6H3. The van der Waals surface area contributed by atoms with Crippen molar-refractivity contribution in [2.75, 3.05) is 6.61 Å². The van der Waals surface area contributed by atoms with Crippen LogP contribution in [0.4, 0.5) is 0 Å². The van der Waals surface area contributed by atoms with Gasteiger partial charge in [0, 0.05) is 6.61 Å². The highest BCUT2D eigenvalue weighted by Crippen LogP contribution is 2.39. The summed E-state index contributed by atoms with van der Waals surface area (Å²) in [5, 5.41) is 0.317. The molecule has 128 valence electrons. The normalized spacial score (nSPS) is 22.8. The van der Waals surface area contributed by atoms with Crippen molar-refractivity contribution >= 4 is 14.4 Å². The molecule has 1 aromatic rings. The maximum absolute atomic E-state index is 6.43. The molecule has 0 bridgehead atoms. The van der Waals surface area contributed by atoms with Gasteiger partial charge < -0.3 is 4.43 Å². The van der Waals surface area contributed by atoms with Crippen LogP contribution in [0.5, 0.6) is 0 Å². The first-order valence-electron chi connectivity index (χ1n) is 9.09. The average molecular weight is 331 g/mol. The van der Waals surface area contributed by atoms with E-state index >= 15 is 0 Å². The van der Waals surface area contributed by atoms with Crippen LogP contribution in [0.15, 0.2) is 30.8 Å². The molecular weight excluding hydrogens is 296 g/mol. The number of hydrogen-bond acceptors (Lipinski definition) is 1. The van der Waals surface area contributed by atoms with Crippen molar-refractivity contribution < 1.29 is 4.43 Å². The van der Waals surface area contributed by atoms with Crippen LogP contribution in [0.2, 0.25) is 18.1 Å². The van der Waals surface area contributed by atoms with Gasteiger partial charge in [0.15, 0.2) is 8.32 Å². The molecule has 0 amide bonds. The fraction of sp³-hybridized carbons (Fsp3) is 0.619. The monoisotopic (exact) mass is 330 g/mol. The maximum atomic E-state index is 6.43. The summed E-state index contributed by atoms with van der Waals surface area (Å²) in [6.07, 6.45) is 7.14. The average Bonchev–Trinajstić information content (AvgIpc) is 2.52. The third kappa shape index (κ3) is 4.81. The van der Waals surface area contributed by atoms with Gasteiger partial charge in [-0.3, -0.25) is 0 Å². The van der Waals surface area contributed by atoms with Crippen LogP contribution >= 0.6 is 0 Å². The van der Waals surface area contributed by atoms with Gasteiger partial charge in [0.05, 0.1) is 0 Å². The molecule has 0 saturated heterocycles. The molecule has 1 fully saturated rings. The van der Waals surface area contributed by atoms with E-state index in [0.29, 0.717) is 5.04 Å². The van der Waals surface area contributed by atoms with Crippen LogP contribution in [-0.2, 0) is 4.43 Å². The van der Waals surface area contributed by atoms with Gasteiger partial charge in [0.1, 0.15) is 0 Å². The molecule has 0 atom stereocenters. The molecule has 1 aromatic carbocycles. The molecule has 0 heterocycles. The predicted octanol–water partition coefficient (Wildman–Crippen LogP) is 6.63. The van der Waals surface area contributed by atoms with E-state index < -0.39 is 8.32 Å². The molecule has 1 aliphatic rings. The first-order valence-corrected chi connectivity index (χ1v) is 12.0. The highest BCUT2D eigenvalue weighted by molar-refractivity contribution is 6.74. The van der Waals surface area contributed by atoms with Crippen LogP contribution in [0.25, 0.3) is 6.08 Å². The minimum Gasteiger partial charge on any atom is -0.417 e. The van der Waals surface area contributed by atoms with Crippen LogP contribution < -0.4 is 0 Å². The summed E-state index contributed by atoms with van der Waals surface area (Å²) in [6.45, 7) is 16.5. The van der Waals surface area contributed by atoms with Crippen molar-refractivity contribution in [3.63, 3.8) is 0 Å². The van der Waals surface area contributed by atoms with Gasteiger partial charge in [-0.25, -0.2) is 0 Å². The second kappa shape index (κ2) is 7.35. The Morgan fingerprint density at radius 2 is 1.65 bits per heavy atom. The second-order valence-corrected chi connectivity index (χ2v) is 13.5. The number of hydrogen-bond donors (Lipinski definition) is 0. The van der Waals surface area contributed by atoms with Crippen LogP contribution in [0.3, 0.4) is 0 Å². The van der Waals surface area contributed by atoms with Gasteiger partial charge in [-0.1, -0.05) is 57.7 Å². The number of rotatable bonds is 5. The van der Waals surface area contributed by atoms with Crippen molar-refractivity contribution in [2.45, 2.75) is 70.5 Å². The zero-order valence-corrected chi connectivity index (χ0v) is 16.7. The highest BCUT2D eigenvalue weighted by Gasteiger charge is 2.37. The topological polar surface area (TPSA) is 9.23 Å². The Bertz CT molecular complexity index is 502. The van der Waals surface area contributed by atoms with Gasteiger partial charge in [0.25, 0.3) is 0 Å². The molecule has 1 nitrogen and oxygen atoms in total. The van der Waals surface area contributed by atoms with E-state index in [2.05, 4.69) is 64.7 Å². The van der Waals surface area contributed by atoms with E-state index in [0.717, 1.165) is 18.4 Å². The predicted molar refractivity (Wildman–Crippen MR) is 104 cm³/mol. The Hall–Kier alpha value is -0.863. The van der Waals surface area contributed by atoms with Gasteiger partial charge >= 0.3 is 0 Å². The van der Waals surface area contributed by atoms with E-state index in [1.165, 1.54) is 36.8 Å². The summed E-state index contributed by atoms with van der Waals surface area (Å²) in [5.41, 5.74) is 2.71. The third-order valence-corrected chi connectivity index (χ3v) is 10.5. The van der Waals surface area contributed by atoms with E-state index in [9.17, 15) is 0 Å². The lowest BCUT2D eigenvalue weighted by Gasteiger charge is -2.38. The molecule has 0 unspecified atom stereocenters. The minimum atomic E-state index is -1.59. The lowest BCUT2D eigenvalue weighted by molar-refractivity contribution is 0.186. The second-order valence-electron chi connectivity index (χ2n) is 8.66. The Kier molecular flexibility index (Phi) is 5.91. The smallest absolute Gasteiger partial charge is 0.191 e. The van der Waals surface area contributed by atoms with Gasteiger partial charge in [-0.15, -0.1) is 0 Å². The zero-order chi connectivity index (χ0) is 17.1. The molecule has 2 heteroatoms. The van der Waals surface area contributed by atoms with Crippen molar-refractivity contribution in [3.05, 3.63) is 42.0 Å². The molecule has 0 aliphatic heterocycles. The summed E-state index contributed by atoms with van der Waals surface area (Å²) >= 11 is 0. The van der Waals surface area contributed by atoms with E-state index in [1.807, 2.05) is 6.08 Å². The van der Waals surface area contributed by atoms with E-state index in [-0.39, 0.29) is 0 Å². The van der Waals surface area contributed by atoms with Crippen molar-refractivity contribution in [1.82, 2.24) is 0 Å². The summed E-state index contributed by atoms with van der Waals surface area (Å²) < 4.78 is 6.43. The quantitative estimate of drug-likeness (QED) is 0.551. The van der Waals surface area contributed by atoms with Crippen LogP contribution in [0, 0.1) is 5.92 Å². The van der Waals surface area contributed by atoms with Gasteiger partial charge in [-0.05, 0) is 66.8 Å². The molecule has 23 heavy (non-hydrogen) atoms. The van der Waals surface area contributed by atoms with Gasteiger partial charge in [0.2, 0.25) is 0 Å². The SMILES string of the molecule is C=Cc1ccc(C2CCC(CO[Si](C)(C)C(C)(C)C)CC2)cc1. The Labute approximate surface area is 144 Å². The lowest BCUT2D eigenvalue weighted by atomic mass is 9.79. The fourth-order valence-corrected chi connectivity index (χ4v) is 4.19. The molecule has 2 rings (SSSR count). The molecule has 0 N–H and O–H groups in total. The third-order valence-electron chi connectivity index (χ3n) is 5.98. The van der Waals surface area contributed by atoms with Crippen LogP contribution in [0.1, 0.15) is 63.5 Å². The van der Waals surface area contributed by atoms with Crippen molar-refractivity contribution in [3.8, 4) is 0 Å². The summed E-state index contributed by atoms with van der Waals surface area (Å²) in [5.74, 6) is 1.49. The fourth-order valence-electron chi connectivity index (χ4n) is 3.11. The van der Waals surface area contributed by atoms with Crippen molar-refractivity contribution in [2.24, 2.45) is 5.92 Å². The largest absolute Gasteiger partial charge is 0.417 e. The minimum absolute atomic E-state index is 0.317. The summed E-state index contributed by atoms with van der Waals surface area (Å²) in [7, 11) is -1.59. The zero-order valence-electron chi connectivity index (χ0n) is 15.7. The number of benzene rings is 1. The Balaban J connectivity index is 1.83. The first kappa shape index (κ1) is 18.5. The molecule has 1 aliphatic carbocycles. The highest BCUT2D eigenvalue weighted by atomic mass is 28.4. The van der Waals surface area contributed by atoms with Gasteiger partial charge in [-0.2, -0.15) is 0 Å². The molecular formula is C21H34OSi. The summed E-state index contributed by atoms with van der Waals surface area (Å²) in [6, 6.07) is 8.95. The molecule has 1 saturated carbocycles. The Morgan fingerprint density at radius 1 is 1.09 bits per heavy atom. The lowest BCUT2D eigenvalue weighted by Crippen LogP contribution is -2.42. The van der Waals surface area contributed by atoms with Crippen molar-refractivity contribution in [1.29, 1.82) is 0 Å². The Morgan fingerprint density at radius 3 is 2.13 bits per heavy atom. The van der Waals surface area contributed by atoms with E-state index in [1.54, 1.807) is 0 Å². The maximum Gasteiger partial charge on any atom is 0.191 e. The first-order chi connectivity index (χ1) is 10.7.